The normalized spacial score (nSPS) is 10.8. The summed E-state index contributed by atoms with van der Waals surface area (Å²) in [5.74, 6) is 1.39. The molecule has 3 N–H and O–H groups in total. The standard InChI is InChI=1S/C12H10BrN5O/c13-8-3-1-7(2-4-8)5-11-15-12(19-18-11)9-6-10(14)17-16-9/h1-4,6H,5H2,(H3,14,16,17). The number of H-pyrrole nitrogens is 1. The van der Waals surface area contributed by atoms with Crippen LogP contribution in [0.2, 0.25) is 0 Å². The van der Waals surface area contributed by atoms with E-state index in [1.54, 1.807) is 6.07 Å². The summed E-state index contributed by atoms with van der Waals surface area (Å²) >= 11 is 3.40. The number of hydrogen-bond acceptors (Lipinski definition) is 5. The molecule has 0 fully saturated rings. The van der Waals surface area contributed by atoms with Crippen molar-refractivity contribution in [2.24, 2.45) is 0 Å². The molecule has 3 aromatic rings. The van der Waals surface area contributed by atoms with Crippen LogP contribution in [0.1, 0.15) is 11.4 Å². The van der Waals surface area contributed by atoms with Gasteiger partial charge in [0, 0.05) is 17.0 Å². The molecule has 0 aliphatic carbocycles. The first kappa shape index (κ1) is 11.9. The van der Waals surface area contributed by atoms with Gasteiger partial charge in [-0.25, -0.2) is 0 Å². The highest BCUT2D eigenvalue weighted by molar-refractivity contribution is 9.10. The van der Waals surface area contributed by atoms with Crippen LogP contribution < -0.4 is 5.73 Å². The first-order valence-corrected chi connectivity index (χ1v) is 6.38. The Morgan fingerprint density at radius 2 is 2.05 bits per heavy atom. The molecule has 0 amide bonds. The summed E-state index contributed by atoms with van der Waals surface area (Å²) in [6.45, 7) is 0. The van der Waals surface area contributed by atoms with Gasteiger partial charge in [0.1, 0.15) is 11.5 Å². The Morgan fingerprint density at radius 1 is 1.26 bits per heavy atom. The Labute approximate surface area is 117 Å². The van der Waals surface area contributed by atoms with Gasteiger partial charge in [-0.15, -0.1) is 0 Å². The third kappa shape index (κ3) is 2.65. The number of nitrogens with one attached hydrogen (secondary N) is 1. The quantitative estimate of drug-likeness (QED) is 0.773. The van der Waals surface area contributed by atoms with Crippen molar-refractivity contribution in [3.8, 4) is 11.6 Å². The lowest BCUT2D eigenvalue weighted by Crippen LogP contribution is -1.90. The molecule has 7 heteroatoms. The molecule has 0 spiro atoms. The SMILES string of the molecule is Nc1cc(-c2nc(Cc3ccc(Br)cc3)no2)[nH]n1. The van der Waals surface area contributed by atoms with E-state index in [4.69, 9.17) is 10.3 Å². The number of aromatic nitrogens is 4. The van der Waals surface area contributed by atoms with Crippen LogP contribution >= 0.6 is 15.9 Å². The van der Waals surface area contributed by atoms with Gasteiger partial charge in [0.15, 0.2) is 5.82 Å². The molecule has 0 unspecified atom stereocenters. The summed E-state index contributed by atoms with van der Waals surface area (Å²) in [6, 6.07) is 9.62. The van der Waals surface area contributed by atoms with Crippen LogP contribution in [0.3, 0.4) is 0 Å². The molecule has 96 valence electrons. The maximum Gasteiger partial charge on any atom is 0.276 e. The number of anilines is 1. The van der Waals surface area contributed by atoms with E-state index in [0.717, 1.165) is 10.0 Å². The lowest BCUT2D eigenvalue weighted by Gasteiger charge is -1.96. The second-order valence-electron chi connectivity index (χ2n) is 4.03. The molecule has 0 radical (unpaired) electrons. The van der Waals surface area contributed by atoms with E-state index in [0.29, 0.717) is 29.6 Å². The van der Waals surface area contributed by atoms with Crippen LogP contribution in [0.5, 0.6) is 0 Å². The molecule has 0 atom stereocenters. The summed E-state index contributed by atoms with van der Waals surface area (Å²) in [4.78, 5) is 4.30. The molecule has 2 heterocycles. The maximum absolute atomic E-state index is 5.52. The summed E-state index contributed by atoms with van der Waals surface area (Å²) in [5.41, 5.74) is 7.25. The topological polar surface area (TPSA) is 93.6 Å². The molecular weight excluding hydrogens is 310 g/mol. The highest BCUT2D eigenvalue weighted by Crippen LogP contribution is 2.18. The first-order valence-electron chi connectivity index (χ1n) is 5.59. The lowest BCUT2D eigenvalue weighted by molar-refractivity contribution is 0.422. The molecule has 3 rings (SSSR count). The zero-order valence-corrected chi connectivity index (χ0v) is 11.4. The van der Waals surface area contributed by atoms with Gasteiger partial charge in [-0.05, 0) is 17.7 Å². The molecule has 0 saturated heterocycles. The minimum Gasteiger partial charge on any atom is -0.382 e. The fourth-order valence-corrected chi connectivity index (χ4v) is 1.93. The third-order valence-corrected chi connectivity index (χ3v) is 3.10. The predicted octanol–water partition coefficient (Wildman–Crippen LogP) is 2.40. The average Bonchev–Trinajstić information content (AvgIpc) is 3.01. The molecule has 0 bridgehead atoms. The second kappa shape index (κ2) is 4.85. The van der Waals surface area contributed by atoms with Crippen molar-refractivity contribution >= 4 is 21.7 Å². The van der Waals surface area contributed by atoms with E-state index >= 15 is 0 Å². The monoisotopic (exact) mass is 319 g/mol. The Hall–Kier alpha value is -2.15. The van der Waals surface area contributed by atoms with Crippen molar-refractivity contribution in [3.05, 3.63) is 46.2 Å². The Kier molecular flexibility index (Phi) is 3.04. The van der Waals surface area contributed by atoms with E-state index in [2.05, 4.69) is 36.3 Å². The van der Waals surface area contributed by atoms with E-state index < -0.39 is 0 Å². The number of nitrogens with zero attached hydrogens (tertiary/aromatic N) is 3. The van der Waals surface area contributed by atoms with E-state index in [1.165, 1.54) is 0 Å². The van der Waals surface area contributed by atoms with Crippen molar-refractivity contribution in [1.82, 2.24) is 20.3 Å². The third-order valence-electron chi connectivity index (χ3n) is 2.57. The minimum atomic E-state index is 0.385. The van der Waals surface area contributed by atoms with Crippen LogP contribution in [0.25, 0.3) is 11.6 Å². The largest absolute Gasteiger partial charge is 0.382 e. The zero-order valence-electron chi connectivity index (χ0n) is 9.80. The van der Waals surface area contributed by atoms with Gasteiger partial charge in [0.05, 0.1) is 0 Å². The van der Waals surface area contributed by atoms with Crippen molar-refractivity contribution in [2.45, 2.75) is 6.42 Å². The van der Waals surface area contributed by atoms with E-state index in [9.17, 15) is 0 Å². The summed E-state index contributed by atoms with van der Waals surface area (Å²) < 4.78 is 6.20. The van der Waals surface area contributed by atoms with Crippen molar-refractivity contribution < 1.29 is 4.52 Å². The number of nitrogen functional groups attached to an aromatic ring is 1. The summed E-state index contributed by atoms with van der Waals surface area (Å²) in [7, 11) is 0. The first-order chi connectivity index (χ1) is 9.20. The van der Waals surface area contributed by atoms with Crippen LogP contribution in [0, 0.1) is 0 Å². The number of nitrogens with two attached hydrogens (primary N) is 1. The van der Waals surface area contributed by atoms with Gasteiger partial charge in [0.2, 0.25) is 0 Å². The smallest absolute Gasteiger partial charge is 0.276 e. The van der Waals surface area contributed by atoms with Crippen LogP contribution in [0.4, 0.5) is 5.82 Å². The van der Waals surface area contributed by atoms with Crippen LogP contribution in [-0.4, -0.2) is 20.3 Å². The van der Waals surface area contributed by atoms with Gasteiger partial charge in [-0.2, -0.15) is 10.1 Å². The molecule has 0 aliphatic rings. The molecule has 2 aromatic heterocycles. The Morgan fingerprint density at radius 3 is 2.74 bits per heavy atom. The van der Waals surface area contributed by atoms with Gasteiger partial charge in [0.25, 0.3) is 5.89 Å². The fraction of sp³-hybridized carbons (Fsp3) is 0.0833. The minimum absolute atomic E-state index is 0.385. The average molecular weight is 320 g/mol. The number of benzene rings is 1. The number of aromatic amines is 1. The molecular formula is C12H10BrN5O. The van der Waals surface area contributed by atoms with Crippen molar-refractivity contribution in [2.75, 3.05) is 5.73 Å². The van der Waals surface area contributed by atoms with E-state index in [-0.39, 0.29) is 0 Å². The molecule has 6 nitrogen and oxygen atoms in total. The maximum atomic E-state index is 5.52. The van der Waals surface area contributed by atoms with E-state index in [1.807, 2.05) is 24.3 Å². The van der Waals surface area contributed by atoms with Gasteiger partial charge >= 0.3 is 0 Å². The van der Waals surface area contributed by atoms with Gasteiger partial charge in [-0.1, -0.05) is 33.2 Å². The molecule has 0 saturated carbocycles. The highest BCUT2D eigenvalue weighted by atomic mass is 79.9. The predicted molar refractivity (Wildman–Crippen MR) is 73.2 cm³/mol. The van der Waals surface area contributed by atoms with Gasteiger partial charge < -0.3 is 10.3 Å². The zero-order chi connectivity index (χ0) is 13.2. The van der Waals surface area contributed by atoms with Crippen molar-refractivity contribution in [3.63, 3.8) is 0 Å². The van der Waals surface area contributed by atoms with Gasteiger partial charge in [-0.3, -0.25) is 5.10 Å². The lowest BCUT2D eigenvalue weighted by atomic mass is 10.1. The molecule has 0 aliphatic heterocycles. The molecule has 1 aromatic carbocycles. The Bertz CT molecular complexity index is 688. The fourth-order valence-electron chi connectivity index (χ4n) is 1.67. The summed E-state index contributed by atoms with van der Waals surface area (Å²) in [5, 5.41) is 10.5. The number of rotatable bonds is 3. The second-order valence-corrected chi connectivity index (χ2v) is 4.94. The van der Waals surface area contributed by atoms with Crippen molar-refractivity contribution in [1.29, 1.82) is 0 Å². The van der Waals surface area contributed by atoms with Crippen LogP contribution in [0.15, 0.2) is 39.3 Å². The molecule has 19 heavy (non-hydrogen) atoms. The number of halogens is 1. The van der Waals surface area contributed by atoms with Crippen LogP contribution in [-0.2, 0) is 6.42 Å². The summed E-state index contributed by atoms with van der Waals surface area (Å²) in [6.07, 6.45) is 0.612. The number of hydrogen-bond donors (Lipinski definition) is 2. The highest BCUT2D eigenvalue weighted by Gasteiger charge is 2.11. The Balaban J connectivity index is 1.80.